The molecule has 26 heavy (non-hydrogen) atoms. The number of hydrogen-bond acceptors (Lipinski definition) is 4. The van der Waals surface area contributed by atoms with E-state index in [4.69, 9.17) is 0 Å². The van der Waals surface area contributed by atoms with Crippen LogP contribution in [-0.4, -0.2) is 77.2 Å². The number of amides is 1. The Kier molecular flexibility index (Phi) is 6.06. The summed E-state index contributed by atoms with van der Waals surface area (Å²) in [5.41, 5.74) is 2.15. The second-order valence-corrected chi connectivity index (χ2v) is 7.32. The molecule has 0 spiro atoms. The lowest BCUT2D eigenvalue weighted by atomic mass is 10.0. The normalized spacial score (nSPS) is 16.2. The van der Waals surface area contributed by atoms with Gasteiger partial charge in [0.1, 0.15) is 0 Å². The van der Waals surface area contributed by atoms with Crippen LogP contribution in [0.2, 0.25) is 0 Å². The molecule has 0 radical (unpaired) electrons. The van der Waals surface area contributed by atoms with Gasteiger partial charge in [-0.15, -0.1) is 0 Å². The lowest BCUT2D eigenvalue weighted by Gasteiger charge is -2.35. The Hall–Kier alpha value is -2.18. The number of benzene rings is 1. The first kappa shape index (κ1) is 18.6. The Balaban J connectivity index is 1.50. The lowest BCUT2D eigenvalue weighted by Crippen LogP contribution is -2.45. The molecule has 0 aliphatic carbocycles. The summed E-state index contributed by atoms with van der Waals surface area (Å²) in [4.78, 5) is 19.0. The van der Waals surface area contributed by atoms with Crippen molar-refractivity contribution >= 4 is 5.91 Å². The van der Waals surface area contributed by atoms with Crippen molar-refractivity contribution in [1.29, 1.82) is 0 Å². The van der Waals surface area contributed by atoms with Gasteiger partial charge in [0.15, 0.2) is 0 Å². The highest BCUT2D eigenvalue weighted by Crippen LogP contribution is 2.15. The molecule has 1 aliphatic rings. The fourth-order valence-corrected chi connectivity index (χ4v) is 3.44. The van der Waals surface area contributed by atoms with Crippen LogP contribution in [0.15, 0.2) is 42.7 Å². The topological polar surface area (TPSA) is 44.6 Å². The summed E-state index contributed by atoms with van der Waals surface area (Å²) in [5.74, 6) is 0.169. The molecule has 0 atom stereocenters. The number of likely N-dealkylation sites (N-methyl/N-ethyl adjacent to an activating group) is 2. The maximum atomic E-state index is 12.6. The van der Waals surface area contributed by atoms with Gasteiger partial charge in [-0.2, -0.15) is 5.10 Å². The first-order valence-corrected chi connectivity index (χ1v) is 9.24. The lowest BCUT2D eigenvalue weighted by molar-refractivity contribution is -0.132. The van der Waals surface area contributed by atoms with E-state index in [0.717, 1.165) is 37.2 Å². The van der Waals surface area contributed by atoms with Gasteiger partial charge in [-0.1, -0.05) is 12.1 Å². The van der Waals surface area contributed by atoms with Crippen LogP contribution in [0.4, 0.5) is 0 Å². The molecule has 0 unspecified atom stereocenters. The van der Waals surface area contributed by atoms with Crippen LogP contribution in [0.1, 0.15) is 18.4 Å². The van der Waals surface area contributed by atoms with Gasteiger partial charge in [0.05, 0.1) is 12.2 Å². The summed E-state index contributed by atoms with van der Waals surface area (Å²) in [5, 5.41) is 4.23. The van der Waals surface area contributed by atoms with E-state index in [1.807, 2.05) is 41.0 Å². The highest BCUT2D eigenvalue weighted by atomic mass is 16.2. The number of rotatable bonds is 6. The summed E-state index contributed by atoms with van der Waals surface area (Å²) < 4.78 is 1.83. The maximum absolute atomic E-state index is 12.6. The average Bonchev–Trinajstić information content (AvgIpc) is 3.17. The van der Waals surface area contributed by atoms with Crippen LogP contribution < -0.4 is 0 Å². The molecule has 1 aromatic heterocycles. The van der Waals surface area contributed by atoms with Crippen molar-refractivity contribution in [2.24, 2.45) is 0 Å². The van der Waals surface area contributed by atoms with Crippen molar-refractivity contribution in [2.45, 2.75) is 25.4 Å². The van der Waals surface area contributed by atoms with E-state index in [2.05, 4.69) is 41.1 Å². The Labute approximate surface area is 156 Å². The first-order chi connectivity index (χ1) is 12.5. The maximum Gasteiger partial charge on any atom is 0.236 e. The minimum Gasteiger partial charge on any atom is -0.340 e. The summed E-state index contributed by atoms with van der Waals surface area (Å²) in [6, 6.07) is 10.6. The van der Waals surface area contributed by atoms with Crippen LogP contribution in [0.25, 0.3) is 5.69 Å². The molecular weight excluding hydrogens is 326 g/mol. The van der Waals surface area contributed by atoms with Gasteiger partial charge in [-0.25, -0.2) is 4.68 Å². The Morgan fingerprint density at radius 2 is 1.88 bits per heavy atom. The molecule has 1 aliphatic heterocycles. The molecule has 1 aromatic carbocycles. The highest BCUT2D eigenvalue weighted by molar-refractivity contribution is 5.78. The van der Waals surface area contributed by atoms with Gasteiger partial charge in [0.25, 0.3) is 0 Å². The number of nitrogens with zero attached hydrogens (tertiary/aromatic N) is 5. The van der Waals surface area contributed by atoms with Gasteiger partial charge in [-0.3, -0.25) is 9.69 Å². The minimum atomic E-state index is 0.169. The van der Waals surface area contributed by atoms with E-state index >= 15 is 0 Å². The summed E-state index contributed by atoms with van der Waals surface area (Å²) in [7, 11) is 6.11. The van der Waals surface area contributed by atoms with Crippen LogP contribution in [0.3, 0.4) is 0 Å². The molecule has 3 rings (SSSR count). The van der Waals surface area contributed by atoms with Crippen molar-refractivity contribution in [3.8, 4) is 5.69 Å². The van der Waals surface area contributed by atoms with Crippen molar-refractivity contribution in [1.82, 2.24) is 24.5 Å². The van der Waals surface area contributed by atoms with Gasteiger partial charge < -0.3 is 9.80 Å². The Morgan fingerprint density at radius 3 is 2.50 bits per heavy atom. The molecule has 6 heteroatoms. The van der Waals surface area contributed by atoms with Crippen molar-refractivity contribution in [3.05, 3.63) is 48.3 Å². The quantitative estimate of drug-likeness (QED) is 0.793. The van der Waals surface area contributed by atoms with Gasteiger partial charge >= 0.3 is 0 Å². The summed E-state index contributed by atoms with van der Waals surface area (Å²) in [6.07, 6.45) is 5.96. The third-order valence-corrected chi connectivity index (χ3v) is 5.25. The largest absolute Gasteiger partial charge is 0.340 e. The van der Waals surface area contributed by atoms with E-state index < -0.39 is 0 Å². The van der Waals surface area contributed by atoms with E-state index in [-0.39, 0.29) is 5.91 Å². The van der Waals surface area contributed by atoms with E-state index in [1.165, 1.54) is 0 Å². The smallest absolute Gasteiger partial charge is 0.236 e. The zero-order valence-electron chi connectivity index (χ0n) is 16.0. The Bertz CT molecular complexity index is 690. The first-order valence-electron chi connectivity index (χ1n) is 9.24. The zero-order chi connectivity index (χ0) is 18.5. The molecule has 1 saturated heterocycles. The molecule has 0 bridgehead atoms. The van der Waals surface area contributed by atoms with Crippen LogP contribution in [0, 0.1) is 0 Å². The third kappa shape index (κ3) is 4.71. The highest BCUT2D eigenvalue weighted by Gasteiger charge is 2.23. The van der Waals surface area contributed by atoms with Crippen LogP contribution in [-0.2, 0) is 11.3 Å². The molecule has 6 nitrogen and oxygen atoms in total. The standard InChI is InChI=1S/C20H29N5O/c1-22-13-9-18(10-14-22)23(2)16-20(26)24(3)15-17-5-7-19(8-6-17)25-12-4-11-21-25/h4-8,11-12,18H,9-10,13-16H2,1-3H3. The van der Waals surface area contributed by atoms with Crippen molar-refractivity contribution < 1.29 is 4.79 Å². The van der Waals surface area contributed by atoms with E-state index in [9.17, 15) is 4.79 Å². The van der Waals surface area contributed by atoms with Gasteiger partial charge in [-0.05, 0) is 63.8 Å². The molecule has 1 fully saturated rings. The molecule has 0 N–H and O–H groups in total. The molecule has 2 aromatic rings. The summed E-state index contributed by atoms with van der Waals surface area (Å²) in [6.45, 7) is 3.33. The summed E-state index contributed by atoms with van der Waals surface area (Å²) >= 11 is 0. The molecule has 1 amide bonds. The number of carbonyl (C=O) groups excluding carboxylic acids is 1. The van der Waals surface area contributed by atoms with E-state index in [0.29, 0.717) is 19.1 Å². The molecule has 0 saturated carbocycles. The molecular formula is C20H29N5O. The number of likely N-dealkylation sites (tertiary alicyclic amines) is 1. The third-order valence-electron chi connectivity index (χ3n) is 5.25. The predicted octanol–water partition coefficient (Wildman–Crippen LogP) is 1.86. The zero-order valence-corrected chi connectivity index (χ0v) is 16.0. The number of aromatic nitrogens is 2. The van der Waals surface area contributed by atoms with Crippen LogP contribution >= 0.6 is 0 Å². The fraction of sp³-hybridized carbons (Fsp3) is 0.500. The monoisotopic (exact) mass is 355 g/mol. The SMILES string of the molecule is CN1CCC(N(C)CC(=O)N(C)Cc2ccc(-n3cccn3)cc2)CC1. The predicted molar refractivity (Wildman–Crippen MR) is 103 cm³/mol. The number of piperidine rings is 1. The van der Waals surface area contributed by atoms with Crippen molar-refractivity contribution in [3.63, 3.8) is 0 Å². The van der Waals surface area contributed by atoms with E-state index in [1.54, 1.807) is 6.20 Å². The molecule has 140 valence electrons. The van der Waals surface area contributed by atoms with Crippen LogP contribution in [0.5, 0.6) is 0 Å². The van der Waals surface area contributed by atoms with Gasteiger partial charge in [0, 0.05) is 32.0 Å². The second kappa shape index (κ2) is 8.47. The number of carbonyl (C=O) groups is 1. The second-order valence-electron chi connectivity index (χ2n) is 7.32. The molecule has 2 heterocycles. The van der Waals surface area contributed by atoms with Crippen molar-refractivity contribution in [2.75, 3.05) is 40.8 Å². The fourth-order valence-electron chi connectivity index (χ4n) is 3.44. The number of hydrogen-bond donors (Lipinski definition) is 0. The van der Waals surface area contributed by atoms with Gasteiger partial charge in [0.2, 0.25) is 5.91 Å². The average molecular weight is 355 g/mol. The minimum absolute atomic E-state index is 0.169. The Morgan fingerprint density at radius 1 is 1.19 bits per heavy atom.